The fourth-order valence-electron chi connectivity index (χ4n) is 3.10. The maximum atomic E-state index is 12.7. The molecule has 0 saturated carbocycles. The normalized spacial score (nSPS) is 16.3. The molecule has 138 valence electrons. The van der Waals surface area contributed by atoms with Crippen LogP contribution in [-0.4, -0.2) is 18.0 Å². The molecule has 1 aromatic heterocycles. The Morgan fingerprint density at radius 1 is 1.27 bits per heavy atom. The first kappa shape index (κ1) is 19.1. The van der Waals surface area contributed by atoms with E-state index < -0.39 is 0 Å². The van der Waals surface area contributed by atoms with Crippen LogP contribution in [0.1, 0.15) is 58.3 Å². The molecule has 6 heteroatoms. The van der Waals surface area contributed by atoms with Crippen LogP contribution in [0.2, 0.25) is 0 Å². The first-order chi connectivity index (χ1) is 12.3. The van der Waals surface area contributed by atoms with E-state index in [2.05, 4.69) is 28.2 Å². The third-order valence-electron chi connectivity index (χ3n) is 4.39. The number of anilines is 1. The van der Waals surface area contributed by atoms with E-state index in [0.717, 1.165) is 29.3 Å². The third kappa shape index (κ3) is 4.18. The van der Waals surface area contributed by atoms with E-state index in [4.69, 9.17) is 4.74 Å². The average Bonchev–Trinajstić information content (AvgIpc) is 2.91. The van der Waals surface area contributed by atoms with Crippen molar-refractivity contribution < 1.29 is 14.3 Å². The van der Waals surface area contributed by atoms with E-state index >= 15 is 0 Å². The molecule has 0 radical (unpaired) electrons. The molecule has 0 fully saturated rings. The Morgan fingerprint density at radius 3 is 2.62 bits per heavy atom. The molecule has 4 nitrogen and oxygen atoms in total. The summed E-state index contributed by atoms with van der Waals surface area (Å²) in [6.07, 6.45) is 2.64. The van der Waals surface area contributed by atoms with Crippen molar-refractivity contribution in [2.75, 3.05) is 5.32 Å². The zero-order chi connectivity index (χ0) is 18.8. The second kappa shape index (κ2) is 7.92. The van der Waals surface area contributed by atoms with Crippen molar-refractivity contribution in [1.29, 1.82) is 0 Å². The number of amides is 1. The molecule has 0 bridgehead atoms. The molecule has 0 saturated heterocycles. The summed E-state index contributed by atoms with van der Waals surface area (Å²) in [5, 5.41) is 3.54. The van der Waals surface area contributed by atoms with Gasteiger partial charge in [0.25, 0.3) is 5.91 Å². The van der Waals surface area contributed by atoms with Gasteiger partial charge in [0, 0.05) is 14.9 Å². The molecule has 1 N–H and O–H groups in total. The summed E-state index contributed by atoms with van der Waals surface area (Å²) in [4.78, 5) is 26.5. The second-order valence-corrected chi connectivity index (χ2v) is 8.99. The third-order valence-corrected chi connectivity index (χ3v) is 6.09. The number of hydrogen-bond acceptors (Lipinski definition) is 4. The van der Waals surface area contributed by atoms with Crippen LogP contribution in [0, 0.1) is 5.92 Å². The Balaban J connectivity index is 1.93. The average molecular weight is 436 g/mol. The van der Waals surface area contributed by atoms with Crippen molar-refractivity contribution in [3.8, 4) is 0 Å². The zero-order valence-electron chi connectivity index (χ0n) is 15.1. The molecule has 1 amide bonds. The van der Waals surface area contributed by atoms with Gasteiger partial charge in [-0.2, -0.15) is 0 Å². The minimum atomic E-state index is -0.349. The van der Waals surface area contributed by atoms with E-state index in [1.165, 1.54) is 16.2 Å². The molecule has 1 aromatic carbocycles. The van der Waals surface area contributed by atoms with Crippen LogP contribution in [0.3, 0.4) is 0 Å². The molecule has 2 aromatic rings. The summed E-state index contributed by atoms with van der Waals surface area (Å²) in [7, 11) is 0. The number of rotatable bonds is 4. The van der Waals surface area contributed by atoms with Crippen LogP contribution < -0.4 is 5.32 Å². The highest BCUT2D eigenvalue weighted by molar-refractivity contribution is 9.10. The lowest BCUT2D eigenvalue weighted by atomic mass is 9.88. The quantitative estimate of drug-likeness (QED) is 0.649. The molecule has 0 spiro atoms. The van der Waals surface area contributed by atoms with Gasteiger partial charge < -0.3 is 10.1 Å². The topological polar surface area (TPSA) is 55.4 Å². The Bertz CT molecular complexity index is 826. The summed E-state index contributed by atoms with van der Waals surface area (Å²) < 4.78 is 6.35. The molecule has 0 unspecified atom stereocenters. The van der Waals surface area contributed by atoms with Crippen LogP contribution in [0.25, 0.3) is 0 Å². The highest BCUT2D eigenvalue weighted by Crippen LogP contribution is 2.40. The Labute approximate surface area is 166 Å². The summed E-state index contributed by atoms with van der Waals surface area (Å²) in [6, 6.07) is 7.15. The first-order valence-corrected chi connectivity index (χ1v) is 10.4. The minimum absolute atomic E-state index is 0.199. The zero-order valence-corrected chi connectivity index (χ0v) is 17.5. The van der Waals surface area contributed by atoms with E-state index in [0.29, 0.717) is 22.0 Å². The number of halogens is 1. The van der Waals surface area contributed by atoms with Gasteiger partial charge in [0.15, 0.2) is 0 Å². The molecule has 26 heavy (non-hydrogen) atoms. The van der Waals surface area contributed by atoms with Gasteiger partial charge in [-0.3, -0.25) is 4.79 Å². The SMILES string of the molecule is CC(C)OC(=O)c1c(NC(=O)c2ccc(Br)cc2)sc2c1CC[C@@H](C)C2. The monoisotopic (exact) mass is 435 g/mol. The van der Waals surface area contributed by atoms with Crippen LogP contribution in [0.5, 0.6) is 0 Å². The molecule has 3 rings (SSSR count). The number of ether oxygens (including phenoxy) is 1. The maximum absolute atomic E-state index is 12.7. The van der Waals surface area contributed by atoms with Crippen molar-refractivity contribution >= 4 is 44.1 Å². The van der Waals surface area contributed by atoms with Gasteiger partial charge in [0.05, 0.1) is 11.7 Å². The summed E-state index contributed by atoms with van der Waals surface area (Å²) in [6.45, 7) is 5.88. The lowest BCUT2D eigenvalue weighted by Crippen LogP contribution is -2.18. The largest absolute Gasteiger partial charge is 0.459 e. The second-order valence-electron chi connectivity index (χ2n) is 6.97. The molecular formula is C20H22BrNO3S. The van der Waals surface area contributed by atoms with Crippen molar-refractivity contribution in [2.45, 2.75) is 46.1 Å². The minimum Gasteiger partial charge on any atom is -0.459 e. The Kier molecular flexibility index (Phi) is 5.82. The molecule has 1 heterocycles. The van der Waals surface area contributed by atoms with Crippen LogP contribution in [0.15, 0.2) is 28.7 Å². The molecule has 1 aliphatic carbocycles. The first-order valence-electron chi connectivity index (χ1n) is 8.77. The van der Waals surface area contributed by atoms with Crippen molar-refractivity contribution in [3.05, 3.63) is 50.3 Å². The van der Waals surface area contributed by atoms with E-state index in [1.54, 1.807) is 12.1 Å². The lowest BCUT2D eigenvalue weighted by molar-refractivity contribution is 0.0378. The standard InChI is InChI=1S/C20H22BrNO3S/c1-11(2)25-20(24)17-15-9-4-12(3)10-16(15)26-19(17)22-18(23)13-5-7-14(21)8-6-13/h5-8,11-12H,4,9-10H2,1-3H3,(H,22,23)/t12-/m1/s1. The van der Waals surface area contributed by atoms with Gasteiger partial charge >= 0.3 is 5.97 Å². The van der Waals surface area contributed by atoms with Crippen LogP contribution in [0.4, 0.5) is 5.00 Å². The molecule has 1 atom stereocenters. The van der Waals surface area contributed by atoms with Gasteiger partial charge in [0.2, 0.25) is 0 Å². The number of esters is 1. The lowest BCUT2D eigenvalue weighted by Gasteiger charge is -2.18. The maximum Gasteiger partial charge on any atom is 0.341 e. The van der Waals surface area contributed by atoms with Crippen LogP contribution in [-0.2, 0) is 17.6 Å². The smallest absolute Gasteiger partial charge is 0.341 e. The predicted molar refractivity (Wildman–Crippen MR) is 108 cm³/mol. The highest BCUT2D eigenvalue weighted by Gasteiger charge is 2.29. The van der Waals surface area contributed by atoms with Crippen molar-refractivity contribution in [2.24, 2.45) is 5.92 Å². The number of hydrogen-bond donors (Lipinski definition) is 1. The van der Waals surface area contributed by atoms with Gasteiger partial charge in [-0.25, -0.2) is 4.79 Å². The fourth-order valence-corrected chi connectivity index (χ4v) is 4.76. The Hall–Kier alpha value is -1.66. The molecular weight excluding hydrogens is 414 g/mol. The Morgan fingerprint density at radius 2 is 1.96 bits per heavy atom. The van der Waals surface area contributed by atoms with E-state index in [9.17, 15) is 9.59 Å². The van der Waals surface area contributed by atoms with Crippen LogP contribution >= 0.6 is 27.3 Å². The summed E-state index contributed by atoms with van der Waals surface area (Å²) in [5.74, 6) is 0.0195. The highest BCUT2D eigenvalue weighted by atomic mass is 79.9. The van der Waals surface area contributed by atoms with Gasteiger partial charge in [-0.05, 0) is 68.9 Å². The summed E-state index contributed by atoms with van der Waals surface area (Å²) in [5.41, 5.74) is 2.14. The number of fused-ring (bicyclic) bond motifs is 1. The number of nitrogens with one attached hydrogen (secondary N) is 1. The van der Waals surface area contributed by atoms with Crippen molar-refractivity contribution in [3.63, 3.8) is 0 Å². The fraction of sp³-hybridized carbons (Fsp3) is 0.400. The van der Waals surface area contributed by atoms with Gasteiger partial charge in [-0.15, -0.1) is 11.3 Å². The molecule has 1 aliphatic rings. The molecule has 0 aliphatic heterocycles. The number of carbonyl (C=O) groups excluding carboxylic acids is 2. The van der Waals surface area contributed by atoms with Gasteiger partial charge in [-0.1, -0.05) is 22.9 Å². The van der Waals surface area contributed by atoms with Crippen molar-refractivity contribution in [1.82, 2.24) is 0 Å². The van der Waals surface area contributed by atoms with Gasteiger partial charge in [0.1, 0.15) is 5.00 Å². The predicted octanol–water partition coefficient (Wildman–Crippen LogP) is 5.45. The number of thiophene rings is 1. The number of carbonyl (C=O) groups is 2. The van der Waals surface area contributed by atoms with E-state index in [1.807, 2.05) is 26.0 Å². The number of benzene rings is 1. The van der Waals surface area contributed by atoms with E-state index in [-0.39, 0.29) is 18.0 Å². The summed E-state index contributed by atoms with van der Waals surface area (Å²) >= 11 is 4.87.